The van der Waals surface area contributed by atoms with Crippen LogP contribution < -0.4 is 0 Å². The minimum absolute atomic E-state index is 0.186. The zero-order chi connectivity index (χ0) is 9.03. The highest BCUT2D eigenvalue weighted by atomic mass is 16.3. The van der Waals surface area contributed by atoms with Crippen LogP contribution in [-0.2, 0) is 0 Å². The second-order valence-corrected chi connectivity index (χ2v) is 4.14. The van der Waals surface area contributed by atoms with E-state index in [1.807, 2.05) is 0 Å². The van der Waals surface area contributed by atoms with Crippen LogP contribution in [0.25, 0.3) is 0 Å². The SMILES string of the molecule is CCC1(CO)CCC(CO)CC1. The van der Waals surface area contributed by atoms with Crippen LogP contribution in [0, 0.1) is 11.3 Å². The molecule has 0 saturated heterocycles. The Kier molecular flexibility index (Phi) is 3.53. The van der Waals surface area contributed by atoms with Crippen molar-refractivity contribution in [3.63, 3.8) is 0 Å². The molecular weight excluding hydrogens is 152 g/mol. The van der Waals surface area contributed by atoms with Gasteiger partial charge < -0.3 is 10.2 Å². The van der Waals surface area contributed by atoms with Gasteiger partial charge in [-0.15, -0.1) is 0 Å². The first-order valence-corrected chi connectivity index (χ1v) is 4.98. The summed E-state index contributed by atoms with van der Waals surface area (Å²) in [5.41, 5.74) is 0.186. The van der Waals surface area contributed by atoms with Crippen molar-refractivity contribution >= 4 is 0 Å². The van der Waals surface area contributed by atoms with E-state index in [9.17, 15) is 5.11 Å². The fourth-order valence-electron chi connectivity index (χ4n) is 2.10. The summed E-state index contributed by atoms with van der Waals surface area (Å²) in [7, 11) is 0. The average Bonchev–Trinajstić information content (AvgIpc) is 2.18. The molecule has 1 saturated carbocycles. The van der Waals surface area contributed by atoms with Crippen molar-refractivity contribution in [2.75, 3.05) is 13.2 Å². The average molecular weight is 172 g/mol. The normalized spacial score (nSPS) is 36.8. The first kappa shape index (κ1) is 10.0. The van der Waals surface area contributed by atoms with Gasteiger partial charge in [0.05, 0.1) is 0 Å². The molecule has 12 heavy (non-hydrogen) atoms. The van der Waals surface area contributed by atoms with Gasteiger partial charge in [-0.3, -0.25) is 0 Å². The van der Waals surface area contributed by atoms with Crippen molar-refractivity contribution in [3.05, 3.63) is 0 Å². The molecule has 0 heterocycles. The van der Waals surface area contributed by atoms with Crippen LogP contribution in [0.2, 0.25) is 0 Å². The first-order valence-electron chi connectivity index (χ1n) is 4.98. The molecule has 1 fully saturated rings. The van der Waals surface area contributed by atoms with Gasteiger partial charge >= 0.3 is 0 Å². The molecule has 0 spiro atoms. The van der Waals surface area contributed by atoms with Gasteiger partial charge in [-0.1, -0.05) is 6.92 Å². The van der Waals surface area contributed by atoms with E-state index in [4.69, 9.17) is 5.11 Å². The standard InChI is InChI=1S/C10H20O2/c1-2-10(8-12)5-3-9(7-11)4-6-10/h9,11-12H,2-8H2,1H3. The Hall–Kier alpha value is -0.0800. The fourth-order valence-corrected chi connectivity index (χ4v) is 2.10. The highest BCUT2D eigenvalue weighted by molar-refractivity contribution is 4.83. The molecule has 0 radical (unpaired) electrons. The lowest BCUT2D eigenvalue weighted by atomic mass is 9.69. The lowest BCUT2D eigenvalue weighted by molar-refractivity contribution is 0.0465. The molecule has 0 aromatic rings. The first-order chi connectivity index (χ1) is 5.76. The van der Waals surface area contributed by atoms with Crippen molar-refractivity contribution in [2.45, 2.75) is 39.0 Å². The highest BCUT2D eigenvalue weighted by Crippen LogP contribution is 2.40. The van der Waals surface area contributed by atoms with Crippen LogP contribution in [0.4, 0.5) is 0 Å². The Morgan fingerprint density at radius 2 is 1.83 bits per heavy atom. The molecule has 2 heteroatoms. The third-order valence-corrected chi connectivity index (χ3v) is 3.51. The van der Waals surface area contributed by atoms with Crippen LogP contribution in [0.1, 0.15) is 39.0 Å². The molecule has 1 aliphatic carbocycles. The van der Waals surface area contributed by atoms with Crippen LogP contribution >= 0.6 is 0 Å². The fraction of sp³-hybridized carbons (Fsp3) is 1.00. The van der Waals surface area contributed by atoms with E-state index in [0.717, 1.165) is 32.1 Å². The van der Waals surface area contributed by atoms with Gasteiger partial charge in [0.25, 0.3) is 0 Å². The monoisotopic (exact) mass is 172 g/mol. The Morgan fingerprint density at radius 3 is 2.17 bits per heavy atom. The summed E-state index contributed by atoms with van der Waals surface area (Å²) in [6.45, 7) is 2.79. The molecule has 2 N–H and O–H groups in total. The molecule has 0 aromatic carbocycles. The maximum atomic E-state index is 9.24. The predicted molar refractivity (Wildman–Crippen MR) is 48.9 cm³/mol. The quantitative estimate of drug-likeness (QED) is 0.678. The van der Waals surface area contributed by atoms with E-state index in [1.54, 1.807) is 0 Å². The van der Waals surface area contributed by atoms with Crippen LogP contribution in [0.5, 0.6) is 0 Å². The van der Waals surface area contributed by atoms with Crippen LogP contribution in [0.3, 0.4) is 0 Å². The minimum Gasteiger partial charge on any atom is -0.396 e. The van der Waals surface area contributed by atoms with Crippen molar-refractivity contribution in [3.8, 4) is 0 Å². The predicted octanol–water partition coefficient (Wildman–Crippen LogP) is 1.56. The number of hydrogen-bond donors (Lipinski definition) is 2. The topological polar surface area (TPSA) is 40.5 Å². The van der Waals surface area contributed by atoms with Gasteiger partial charge in [-0.25, -0.2) is 0 Å². The minimum atomic E-state index is 0.186. The van der Waals surface area contributed by atoms with Crippen molar-refractivity contribution in [1.29, 1.82) is 0 Å². The second kappa shape index (κ2) is 4.24. The molecule has 2 nitrogen and oxygen atoms in total. The second-order valence-electron chi connectivity index (χ2n) is 4.14. The summed E-state index contributed by atoms with van der Waals surface area (Å²) in [6, 6.07) is 0. The molecular formula is C10H20O2. The van der Waals surface area contributed by atoms with E-state index < -0.39 is 0 Å². The summed E-state index contributed by atoms with van der Waals surface area (Å²) < 4.78 is 0. The lowest BCUT2D eigenvalue weighted by Crippen LogP contribution is -2.31. The summed E-state index contributed by atoms with van der Waals surface area (Å²) in [5.74, 6) is 0.497. The maximum absolute atomic E-state index is 9.24. The van der Waals surface area contributed by atoms with E-state index in [-0.39, 0.29) is 5.41 Å². The number of hydrogen-bond acceptors (Lipinski definition) is 2. The smallest absolute Gasteiger partial charge is 0.0487 e. The molecule has 0 aromatic heterocycles. The Labute approximate surface area is 74.6 Å². The zero-order valence-electron chi connectivity index (χ0n) is 7.92. The van der Waals surface area contributed by atoms with Gasteiger partial charge in [0.1, 0.15) is 0 Å². The van der Waals surface area contributed by atoms with Gasteiger partial charge in [-0.05, 0) is 43.4 Å². The van der Waals surface area contributed by atoms with E-state index in [1.165, 1.54) is 0 Å². The molecule has 0 amide bonds. The summed E-state index contributed by atoms with van der Waals surface area (Å²) in [6.07, 6.45) is 5.42. The maximum Gasteiger partial charge on any atom is 0.0487 e. The molecule has 0 bridgehead atoms. The molecule has 1 aliphatic rings. The number of rotatable bonds is 3. The molecule has 0 atom stereocenters. The summed E-state index contributed by atoms with van der Waals surface area (Å²) in [5, 5.41) is 18.2. The van der Waals surface area contributed by atoms with E-state index >= 15 is 0 Å². The Balaban J connectivity index is 2.42. The molecule has 0 aliphatic heterocycles. The van der Waals surface area contributed by atoms with Gasteiger partial charge in [0.15, 0.2) is 0 Å². The van der Waals surface area contributed by atoms with Crippen LogP contribution in [0.15, 0.2) is 0 Å². The Bertz CT molecular complexity index is 120. The summed E-state index contributed by atoms with van der Waals surface area (Å²) >= 11 is 0. The Morgan fingerprint density at radius 1 is 1.25 bits per heavy atom. The molecule has 0 unspecified atom stereocenters. The van der Waals surface area contributed by atoms with Gasteiger partial charge in [0, 0.05) is 13.2 Å². The highest BCUT2D eigenvalue weighted by Gasteiger charge is 2.32. The van der Waals surface area contributed by atoms with Crippen molar-refractivity contribution < 1.29 is 10.2 Å². The number of aliphatic hydroxyl groups is 2. The molecule has 1 rings (SSSR count). The van der Waals surface area contributed by atoms with Gasteiger partial charge in [0.2, 0.25) is 0 Å². The third kappa shape index (κ3) is 1.99. The van der Waals surface area contributed by atoms with E-state index in [0.29, 0.717) is 19.1 Å². The lowest BCUT2D eigenvalue weighted by Gasteiger charge is -2.37. The summed E-state index contributed by atoms with van der Waals surface area (Å²) in [4.78, 5) is 0. The van der Waals surface area contributed by atoms with Crippen molar-refractivity contribution in [1.82, 2.24) is 0 Å². The zero-order valence-corrected chi connectivity index (χ0v) is 7.92. The molecule has 72 valence electrons. The van der Waals surface area contributed by atoms with Crippen molar-refractivity contribution in [2.24, 2.45) is 11.3 Å². The number of aliphatic hydroxyl groups excluding tert-OH is 2. The largest absolute Gasteiger partial charge is 0.396 e. The third-order valence-electron chi connectivity index (χ3n) is 3.51. The van der Waals surface area contributed by atoms with Gasteiger partial charge in [-0.2, -0.15) is 0 Å². The van der Waals surface area contributed by atoms with E-state index in [2.05, 4.69) is 6.92 Å². The van der Waals surface area contributed by atoms with Crippen LogP contribution in [-0.4, -0.2) is 23.4 Å².